The fourth-order valence-corrected chi connectivity index (χ4v) is 3.08. The molecule has 1 N–H and O–H groups in total. The van der Waals surface area contributed by atoms with Gasteiger partial charge in [0.2, 0.25) is 0 Å². The molecule has 2 fully saturated rings. The number of rotatable bonds is 5. The van der Waals surface area contributed by atoms with E-state index in [1.54, 1.807) is 6.33 Å². The number of morpholine rings is 1. The van der Waals surface area contributed by atoms with Crippen LogP contribution in [0.1, 0.15) is 25.7 Å². The zero-order valence-electron chi connectivity index (χ0n) is 13.3. The van der Waals surface area contributed by atoms with Gasteiger partial charge < -0.3 is 15.0 Å². The fourth-order valence-electron chi connectivity index (χ4n) is 3.08. The van der Waals surface area contributed by atoms with Gasteiger partial charge in [0, 0.05) is 45.3 Å². The summed E-state index contributed by atoms with van der Waals surface area (Å²) in [7, 11) is 0. The molecular weight excluding hydrogens is 278 g/mol. The van der Waals surface area contributed by atoms with Gasteiger partial charge in [-0.25, -0.2) is 9.97 Å². The van der Waals surface area contributed by atoms with Gasteiger partial charge in [-0.15, -0.1) is 0 Å². The Bertz CT molecular complexity index is 442. The fraction of sp³-hybridized carbons (Fsp3) is 0.750. The number of hydrogen-bond acceptors (Lipinski definition) is 6. The summed E-state index contributed by atoms with van der Waals surface area (Å²) in [6, 6.07) is 2.09. The molecule has 2 aliphatic heterocycles. The molecule has 1 aromatic heterocycles. The third-order valence-corrected chi connectivity index (χ3v) is 4.42. The van der Waals surface area contributed by atoms with Gasteiger partial charge in [-0.3, -0.25) is 4.90 Å². The Balaban J connectivity index is 1.49. The summed E-state index contributed by atoms with van der Waals surface area (Å²) in [5.74, 6) is 1.99. The van der Waals surface area contributed by atoms with Crippen molar-refractivity contribution in [2.45, 2.75) is 25.7 Å². The van der Waals surface area contributed by atoms with E-state index < -0.39 is 0 Å². The number of nitrogens with zero attached hydrogens (tertiary/aromatic N) is 4. The average molecular weight is 305 g/mol. The lowest BCUT2D eigenvalue weighted by molar-refractivity contribution is 0.0398. The summed E-state index contributed by atoms with van der Waals surface area (Å²) in [4.78, 5) is 13.6. The molecular formula is C16H27N5O. The van der Waals surface area contributed by atoms with E-state index >= 15 is 0 Å². The number of nitrogens with one attached hydrogen (secondary N) is 1. The van der Waals surface area contributed by atoms with Crippen LogP contribution in [0.5, 0.6) is 0 Å². The smallest absolute Gasteiger partial charge is 0.134 e. The molecule has 0 amide bonds. The molecule has 0 unspecified atom stereocenters. The molecule has 3 heterocycles. The molecule has 0 spiro atoms. The first-order valence-corrected chi connectivity index (χ1v) is 8.53. The van der Waals surface area contributed by atoms with Crippen LogP contribution in [0.3, 0.4) is 0 Å². The van der Waals surface area contributed by atoms with Crippen molar-refractivity contribution in [3.8, 4) is 0 Å². The second-order valence-corrected chi connectivity index (χ2v) is 6.04. The van der Waals surface area contributed by atoms with Crippen LogP contribution in [0.25, 0.3) is 0 Å². The molecule has 3 rings (SSSR count). The standard InChI is InChI=1S/C16H27N5O/c1-2-4-7-21(6-3-1)16-13-15(18-14-19-16)17-5-8-20-9-11-22-12-10-20/h13-14H,1-12H2,(H,17,18,19). The zero-order chi connectivity index (χ0) is 15.0. The molecule has 6 nitrogen and oxygen atoms in total. The summed E-state index contributed by atoms with van der Waals surface area (Å²) in [6.07, 6.45) is 6.89. The van der Waals surface area contributed by atoms with E-state index in [0.717, 1.165) is 64.1 Å². The quantitative estimate of drug-likeness (QED) is 0.892. The van der Waals surface area contributed by atoms with Crippen molar-refractivity contribution in [1.29, 1.82) is 0 Å². The molecule has 2 aliphatic rings. The van der Waals surface area contributed by atoms with Crippen molar-refractivity contribution in [1.82, 2.24) is 14.9 Å². The van der Waals surface area contributed by atoms with Crippen molar-refractivity contribution in [3.05, 3.63) is 12.4 Å². The number of hydrogen-bond donors (Lipinski definition) is 1. The van der Waals surface area contributed by atoms with Gasteiger partial charge in [-0.05, 0) is 12.8 Å². The Morgan fingerprint density at radius 2 is 1.77 bits per heavy atom. The van der Waals surface area contributed by atoms with Gasteiger partial charge in [-0.1, -0.05) is 12.8 Å². The van der Waals surface area contributed by atoms with E-state index in [-0.39, 0.29) is 0 Å². The normalized spacial score (nSPS) is 20.6. The maximum atomic E-state index is 5.37. The monoisotopic (exact) mass is 305 g/mol. The van der Waals surface area contributed by atoms with Crippen LogP contribution < -0.4 is 10.2 Å². The highest BCUT2D eigenvalue weighted by atomic mass is 16.5. The largest absolute Gasteiger partial charge is 0.379 e. The highest BCUT2D eigenvalue weighted by Crippen LogP contribution is 2.18. The Labute approximate surface area is 132 Å². The van der Waals surface area contributed by atoms with E-state index in [9.17, 15) is 0 Å². The summed E-state index contributed by atoms with van der Waals surface area (Å²) >= 11 is 0. The van der Waals surface area contributed by atoms with Gasteiger partial charge in [0.05, 0.1) is 13.2 Å². The van der Waals surface area contributed by atoms with E-state index in [4.69, 9.17) is 4.74 Å². The predicted molar refractivity (Wildman–Crippen MR) is 88.5 cm³/mol. The minimum Gasteiger partial charge on any atom is -0.379 e. The van der Waals surface area contributed by atoms with E-state index in [1.165, 1.54) is 25.7 Å². The minimum absolute atomic E-state index is 0.854. The Morgan fingerprint density at radius 1 is 1.00 bits per heavy atom. The zero-order valence-corrected chi connectivity index (χ0v) is 13.3. The maximum Gasteiger partial charge on any atom is 0.134 e. The van der Waals surface area contributed by atoms with Crippen molar-refractivity contribution < 1.29 is 4.74 Å². The van der Waals surface area contributed by atoms with Crippen LogP contribution in [0.2, 0.25) is 0 Å². The number of aromatic nitrogens is 2. The maximum absolute atomic E-state index is 5.37. The van der Waals surface area contributed by atoms with E-state index in [1.807, 2.05) is 0 Å². The van der Waals surface area contributed by atoms with E-state index in [0.29, 0.717) is 0 Å². The summed E-state index contributed by atoms with van der Waals surface area (Å²) < 4.78 is 5.37. The molecule has 6 heteroatoms. The molecule has 0 bridgehead atoms. The predicted octanol–water partition coefficient (Wildman–Crippen LogP) is 1.60. The van der Waals surface area contributed by atoms with Crippen LogP contribution in [0.15, 0.2) is 12.4 Å². The Kier molecular flexibility index (Phi) is 5.84. The second kappa shape index (κ2) is 8.29. The molecule has 0 atom stereocenters. The first-order valence-electron chi connectivity index (χ1n) is 8.53. The molecule has 122 valence electrons. The molecule has 0 aromatic carbocycles. The van der Waals surface area contributed by atoms with Crippen LogP contribution in [-0.4, -0.2) is 67.4 Å². The van der Waals surface area contributed by atoms with Gasteiger partial charge in [0.15, 0.2) is 0 Å². The van der Waals surface area contributed by atoms with Crippen LogP contribution >= 0.6 is 0 Å². The van der Waals surface area contributed by atoms with Gasteiger partial charge in [-0.2, -0.15) is 0 Å². The summed E-state index contributed by atoms with van der Waals surface area (Å²) in [6.45, 7) is 7.95. The molecule has 0 radical (unpaired) electrons. The summed E-state index contributed by atoms with van der Waals surface area (Å²) in [5, 5.41) is 3.43. The van der Waals surface area contributed by atoms with Crippen molar-refractivity contribution in [3.63, 3.8) is 0 Å². The molecule has 0 aliphatic carbocycles. The molecule has 22 heavy (non-hydrogen) atoms. The number of ether oxygens (including phenoxy) is 1. The average Bonchev–Trinajstić information content (AvgIpc) is 2.85. The lowest BCUT2D eigenvalue weighted by atomic mass is 10.2. The third-order valence-electron chi connectivity index (χ3n) is 4.42. The second-order valence-electron chi connectivity index (χ2n) is 6.04. The first kappa shape index (κ1) is 15.5. The van der Waals surface area contributed by atoms with Gasteiger partial charge in [0.1, 0.15) is 18.0 Å². The summed E-state index contributed by atoms with van der Waals surface area (Å²) in [5.41, 5.74) is 0. The Morgan fingerprint density at radius 3 is 2.55 bits per heavy atom. The number of anilines is 2. The van der Waals surface area contributed by atoms with Crippen LogP contribution in [0.4, 0.5) is 11.6 Å². The molecule has 0 saturated carbocycles. The third kappa shape index (κ3) is 4.55. The molecule has 2 saturated heterocycles. The van der Waals surface area contributed by atoms with Crippen LogP contribution in [-0.2, 0) is 4.74 Å². The van der Waals surface area contributed by atoms with Crippen LogP contribution in [0, 0.1) is 0 Å². The highest BCUT2D eigenvalue weighted by molar-refractivity contribution is 5.48. The topological polar surface area (TPSA) is 53.5 Å². The molecule has 1 aromatic rings. The van der Waals surface area contributed by atoms with E-state index in [2.05, 4.69) is 31.2 Å². The van der Waals surface area contributed by atoms with Crippen molar-refractivity contribution in [2.24, 2.45) is 0 Å². The van der Waals surface area contributed by atoms with Gasteiger partial charge >= 0.3 is 0 Å². The van der Waals surface area contributed by atoms with Crippen molar-refractivity contribution >= 4 is 11.6 Å². The lowest BCUT2D eigenvalue weighted by Gasteiger charge is -2.26. The van der Waals surface area contributed by atoms with Crippen molar-refractivity contribution in [2.75, 3.05) is 62.7 Å². The lowest BCUT2D eigenvalue weighted by Crippen LogP contribution is -2.39. The minimum atomic E-state index is 0.854. The SMILES string of the molecule is c1nc(NCCN2CCOCC2)cc(N2CCCCCC2)n1. The first-order chi connectivity index (χ1) is 10.9. The van der Waals surface area contributed by atoms with Gasteiger partial charge in [0.25, 0.3) is 0 Å². The highest BCUT2D eigenvalue weighted by Gasteiger charge is 2.12. The Hall–Kier alpha value is -1.40.